The molecule has 0 aromatic carbocycles. The van der Waals surface area contributed by atoms with Gasteiger partial charge in [-0.15, -0.1) is 0 Å². The van der Waals surface area contributed by atoms with Crippen molar-refractivity contribution in [2.45, 2.75) is 45.8 Å². The van der Waals surface area contributed by atoms with Crippen LogP contribution in [0.5, 0.6) is 0 Å². The summed E-state index contributed by atoms with van der Waals surface area (Å²) in [5.74, 6) is -0.691. The Hall–Kier alpha value is -0.620. The van der Waals surface area contributed by atoms with E-state index < -0.39 is 21.2 Å². The van der Waals surface area contributed by atoms with Crippen molar-refractivity contribution in [3.8, 4) is 0 Å². The molecule has 0 aliphatic heterocycles. The molecule has 0 fully saturated rings. The molecule has 5 nitrogen and oxygen atoms in total. The highest BCUT2D eigenvalue weighted by atomic mass is 32.2. The minimum atomic E-state index is -3.31. The lowest BCUT2D eigenvalue weighted by Crippen LogP contribution is -2.35. The zero-order valence-electron chi connectivity index (χ0n) is 10.9. The molecule has 1 atom stereocenters. The molecule has 0 aromatic heterocycles. The van der Waals surface area contributed by atoms with Gasteiger partial charge < -0.3 is 5.11 Å². The molecule has 17 heavy (non-hydrogen) atoms. The fourth-order valence-corrected chi connectivity index (χ4v) is 2.35. The standard InChI is InChI=1S/C11H23NO4S/c1-8(2)5-10(6-11(13)14)7-12-17(15,16)9(3)4/h8-10,12H,5-7H2,1-4H3,(H,13,14). The molecular formula is C11H23NO4S. The third-order valence-electron chi connectivity index (χ3n) is 2.46. The number of rotatable bonds is 8. The van der Waals surface area contributed by atoms with Gasteiger partial charge in [0, 0.05) is 13.0 Å². The Kier molecular flexibility index (Phi) is 6.70. The number of carboxylic acid groups (broad SMARTS) is 1. The third kappa shape index (κ3) is 7.33. The molecule has 0 amide bonds. The highest BCUT2D eigenvalue weighted by Crippen LogP contribution is 2.15. The van der Waals surface area contributed by atoms with Gasteiger partial charge in [0.2, 0.25) is 10.0 Å². The molecule has 0 aliphatic carbocycles. The maximum Gasteiger partial charge on any atom is 0.303 e. The molecule has 0 heterocycles. The maximum atomic E-state index is 11.5. The van der Waals surface area contributed by atoms with Crippen molar-refractivity contribution in [3.63, 3.8) is 0 Å². The maximum absolute atomic E-state index is 11.5. The number of carboxylic acids is 1. The van der Waals surface area contributed by atoms with E-state index in [0.29, 0.717) is 12.3 Å². The average Bonchev–Trinajstić information content (AvgIpc) is 2.12. The summed E-state index contributed by atoms with van der Waals surface area (Å²) >= 11 is 0. The first-order chi connectivity index (χ1) is 7.65. The highest BCUT2D eigenvalue weighted by molar-refractivity contribution is 7.90. The number of sulfonamides is 1. The molecule has 0 bridgehead atoms. The van der Waals surface area contributed by atoms with Crippen molar-refractivity contribution in [2.75, 3.05) is 6.54 Å². The van der Waals surface area contributed by atoms with Crippen molar-refractivity contribution in [1.82, 2.24) is 4.72 Å². The van der Waals surface area contributed by atoms with Crippen LogP contribution in [-0.4, -0.2) is 31.3 Å². The Morgan fingerprint density at radius 3 is 2.12 bits per heavy atom. The van der Waals surface area contributed by atoms with E-state index in [-0.39, 0.29) is 18.9 Å². The molecule has 0 saturated carbocycles. The summed E-state index contributed by atoms with van der Waals surface area (Å²) < 4.78 is 25.6. The monoisotopic (exact) mass is 265 g/mol. The lowest BCUT2D eigenvalue weighted by atomic mass is 9.94. The van der Waals surface area contributed by atoms with E-state index >= 15 is 0 Å². The lowest BCUT2D eigenvalue weighted by molar-refractivity contribution is -0.138. The zero-order valence-corrected chi connectivity index (χ0v) is 11.8. The second-order valence-electron chi connectivity index (χ2n) is 5.04. The zero-order chi connectivity index (χ0) is 13.6. The smallest absolute Gasteiger partial charge is 0.303 e. The van der Waals surface area contributed by atoms with Gasteiger partial charge in [-0.2, -0.15) is 0 Å². The van der Waals surface area contributed by atoms with Crippen LogP contribution in [0.4, 0.5) is 0 Å². The average molecular weight is 265 g/mol. The molecule has 0 radical (unpaired) electrons. The lowest BCUT2D eigenvalue weighted by Gasteiger charge is -2.18. The Bertz CT molecular complexity index is 335. The number of carbonyl (C=O) groups is 1. The van der Waals surface area contributed by atoms with Gasteiger partial charge in [0.15, 0.2) is 0 Å². The molecule has 0 rings (SSSR count). The molecular weight excluding hydrogens is 242 g/mol. The molecule has 102 valence electrons. The first-order valence-electron chi connectivity index (χ1n) is 5.85. The summed E-state index contributed by atoms with van der Waals surface area (Å²) in [5, 5.41) is 8.26. The van der Waals surface area contributed by atoms with Crippen molar-refractivity contribution in [3.05, 3.63) is 0 Å². The van der Waals surface area contributed by atoms with E-state index in [1.807, 2.05) is 13.8 Å². The van der Waals surface area contributed by atoms with E-state index in [2.05, 4.69) is 4.72 Å². The summed E-state index contributed by atoms with van der Waals surface area (Å²) in [6, 6.07) is 0. The quantitative estimate of drug-likeness (QED) is 0.696. The highest BCUT2D eigenvalue weighted by Gasteiger charge is 2.20. The topological polar surface area (TPSA) is 83.5 Å². The number of aliphatic carboxylic acids is 1. The Balaban J connectivity index is 4.40. The van der Waals surface area contributed by atoms with Gasteiger partial charge in [-0.05, 0) is 32.1 Å². The van der Waals surface area contributed by atoms with Crippen LogP contribution in [0.2, 0.25) is 0 Å². The Labute approximate surface area is 104 Å². The molecule has 0 aliphatic rings. The van der Waals surface area contributed by atoms with Gasteiger partial charge in [0.25, 0.3) is 0 Å². The summed E-state index contributed by atoms with van der Waals surface area (Å²) in [7, 11) is -3.31. The van der Waals surface area contributed by atoms with E-state index in [0.717, 1.165) is 0 Å². The van der Waals surface area contributed by atoms with Crippen LogP contribution in [0.3, 0.4) is 0 Å². The first-order valence-corrected chi connectivity index (χ1v) is 7.40. The summed E-state index contributed by atoms with van der Waals surface area (Å²) in [4.78, 5) is 10.7. The molecule has 1 unspecified atom stereocenters. The summed E-state index contributed by atoms with van der Waals surface area (Å²) in [6.45, 7) is 7.37. The van der Waals surface area contributed by atoms with E-state index in [1.165, 1.54) is 0 Å². The largest absolute Gasteiger partial charge is 0.481 e. The molecule has 0 saturated heterocycles. The van der Waals surface area contributed by atoms with Crippen LogP contribution >= 0.6 is 0 Å². The van der Waals surface area contributed by atoms with E-state index in [9.17, 15) is 13.2 Å². The second-order valence-corrected chi connectivity index (χ2v) is 7.36. The Morgan fingerprint density at radius 2 is 1.76 bits per heavy atom. The van der Waals surface area contributed by atoms with Crippen LogP contribution in [0.25, 0.3) is 0 Å². The minimum Gasteiger partial charge on any atom is -0.481 e. The Morgan fingerprint density at radius 1 is 1.24 bits per heavy atom. The van der Waals surface area contributed by atoms with Crippen molar-refractivity contribution in [2.24, 2.45) is 11.8 Å². The van der Waals surface area contributed by atoms with Crippen molar-refractivity contribution in [1.29, 1.82) is 0 Å². The second kappa shape index (κ2) is 6.96. The van der Waals surface area contributed by atoms with Crippen molar-refractivity contribution >= 4 is 16.0 Å². The van der Waals surface area contributed by atoms with Gasteiger partial charge in [-0.3, -0.25) is 4.79 Å². The molecule has 0 spiro atoms. The van der Waals surface area contributed by atoms with Gasteiger partial charge in [0.1, 0.15) is 0 Å². The van der Waals surface area contributed by atoms with Crippen LogP contribution in [0.1, 0.15) is 40.5 Å². The van der Waals surface area contributed by atoms with Gasteiger partial charge in [-0.25, -0.2) is 13.1 Å². The predicted octanol–water partition coefficient (Wildman–Crippen LogP) is 1.45. The van der Waals surface area contributed by atoms with Gasteiger partial charge in [-0.1, -0.05) is 13.8 Å². The number of hydrogen-bond acceptors (Lipinski definition) is 3. The summed E-state index contributed by atoms with van der Waals surface area (Å²) in [5.41, 5.74) is 0. The SMILES string of the molecule is CC(C)CC(CNS(=O)(=O)C(C)C)CC(=O)O. The van der Waals surface area contributed by atoms with Crippen LogP contribution in [-0.2, 0) is 14.8 Å². The number of nitrogens with one attached hydrogen (secondary N) is 1. The first kappa shape index (κ1) is 16.4. The minimum absolute atomic E-state index is 0.00120. The fraction of sp³-hybridized carbons (Fsp3) is 0.909. The number of hydrogen-bond donors (Lipinski definition) is 2. The summed E-state index contributed by atoms with van der Waals surface area (Å²) in [6.07, 6.45) is 0.700. The molecule has 0 aromatic rings. The van der Waals surface area contributed by atoms with Gasteiger partial charge >= 0.3 is 5.97 Å². The van der Waals surface area contributed by atoms with Crippen molar-refractivity contribution < 1.29 is 18.3 Å². The van der Waals surface area contributed by atoms with Crippen LogP contribution < -0.4 is 4.72 Å². The molecule has 2 N–H and O–H groups in total. The van der Waals surface area contributed by atoms with Gasteiger partial charge in [0.05, 0.1) is 5.25 Å². The predicted molar refractivity (Wildman–Crippen MR) is 67.3 cm³/mol. The molecule has 6 heteroatoms. The fourth-order valence-electron chi connectivity index (χ4n) is 1.55. The normalized spacial score (nSPS) is 14.2. The van der Waals surface area contributed by atoms with Crippen LogP contribution in [0.15, 0.2) is 0 Å². The third-order valence-corrected chi connectivity index (χ3v) is 4.27. The van der Waals surface area contributed by atoms with Crippen LogP contribution in [0, 0.1) is 11.8 Å². The van der Waals surface area contributed by atoms with E-state index in [4.69, 9.17) is 5.11 Å². The van der Waals surface area contributed by atoms with E-state index in [1.54, 1.807) is 13.8 Å².